The van der Waals surface area contributed by atoms with E-state index in [1.165, 1.54) is 36.5 Å². The normalized spacial score (nSPS) is 14.8. The molecule has 0 radical (unpaired) electrons. The smallest absolute Gasteiger partial charge is 0.395 e. The fourth-order valence-electron chi connectivity index (χ4n) is 1.87. The van der Waals surface area contributed by atoms with Crippen molar-refractivity contribution in [3.05, 3.63) is 42.1 Å². The van der Waals surface area contributed by atoms with Gasteiger partial charge in [0.2, 0.25) is 0 Å². The van der Waals surface area contributed by atoms with Crippen LogP contribution in [0.3, 0.4) is 0 Å². The summed E-state index contributed by atoms with van der Waals surface area (Å²) in [5.74, 6) is -0.951. The highest BCUT2D eigenvalue weighted by Gasteiger charge is 2.44. The number of ether oxygens (including phenoxy) is 2. The fraction of sp³-hybridized carbons (Fsp3) is 0.0769. The van der Waals surface area contributed by atoms with Gasteiger partial charge in [-0.2, -0.15) is 0 Å². The van der Waals surface area contributed by atoms with E-state index >= 15 is 0 Å². The zero-order valence-electron chi connectivity index (χ0n) is 10.5. The quantitative estimate of drug-likeness (QED) is 0.886. The first-order valence-corrected chi connectivity index (χ1v) is 5.87. The molecule has 6 nitrogen and oxygen atoms in total. The number of amides is 1. The van der Waals surface area contributed by atoms with E-state index in [1.807, 2.05) is 0 Å². The van der Waals surface area contributed by atoms with Gasteiger partial charge >= 0.3 is 6.29 Å². The Morgan fingerprint density at radius 2 is 2.05 bits per heavy atom. The highest BCUT2D eigenvalue weighted by Crippen LogP contribution is 2.45. The second-order valence-corrected chi connectivity index (χ2v) is 4.19. The van der Waals surface area contributed by atoms with Gasteiger partial charge in [0, 0.05) is 6.20 Å². The van der Waals surface area contributed by atoms with E-state index in [4.69, 9.17) is 5.73 Å². The molecule has 1 aromatic heterocycles. The third kappa shape index (κ3) is 2.42. The van der Waals surface area contributed by atoms with Crippen LogP contribution in [0, 0.1) is 0 Å². The van der Waals surface area contributed by atoms with Crippen LogP contribution in [0.25, 0.3) is 0 Å². The summed E-state index contributed by atoms with van der Waals surface area (Å²) >= 11 is 0. The Balaban J connectivity index is 1.89. The first-order chi connectivity index (χ1) is 9.96. The molecule has 1 aliphatic heterocycles. The van der Waals surface area contributed by atoms with Gasteiger partial charge in [0.1, 0.15) is 5.82 Å². The number of pyridine rings is 1. The Morgan fingerprint density at radius 3 is 2.81 bits per heavy atom. The van der Waals surface area contributed by atoms with E-state index in [2.05, 4.69) is 19.8 Å². The van der Waals surface area contributed by atoms with Gasteiger partial charge in [0.15, 0.2) is 11.5 Å². The maximum Gasteiger partial charge on any atom is 0.586 e. The summed E-state index contributed by atoms with van der Waals surface area (Å²) in [6, 6.07) is 7.17. The van der Waals surface area contributed by atoms with Gasteiger partial charge in [0.25, 0.3) is 5.91 Å². The number of anilines is 2. The molecule has 1 aliphatic rings. The number of nitrogen functional groups attached to an aromatic ring is 1. The van der Waals surface area contributed by atoms with Crippen LogP contribution in [-0.2, 0) is 0 Å². The number of nitrogens with two attached hydrogens (primary N) is 1. The number of rotatable bonds is 2. The van der Waals surface area contributed by atoms with Crippen LogP contribution < -0.4 is 20.5 Å². The van der Waals surface area contributed by atoms with Gasteiger partial charge in [-0.25, -0.2) is 4.98 Å². The highest BCUT2D eigenvalue weighted by molar-refractivity contribution is 6.08. The lowest BCUT2D eigenvalue weighted by Crippen LogP contribution is -2.26. The summed E-state index contributed by atoms with van der Waals surface area (Å²) in [4.78, 5) is 15.9. The standard InChI is InChI=1S/C13H9F2N3O3/c14-13(15)20-9-5-1-4-8(10(9)21-13)18-12(19)7-3-2-6-17-11(7)16/h1-6H,(H2,16,17)(H,18,19). The molecule has 8 heteroatoms. The van der Waals surface area contributed by atoms with Crippen molar-refractivity contribution in [3.63, 3.8) is 0 Å². The molecule has 0 spiro atoms. The fourth-order valence-corrected chi connectivity index (χ4v) is 1.87. The number of aromatic nitrogens is 1. The number of benzene rings is 1. The number of hydrogen-bond acceptors (Lipinski definition) is 5. The first kappa shape index (κ1) is 13.1. The summed E-state index contributed by atoms with van der Waals surface area (Å²) in [7, 11) is 0. The summed E-state index contributed by atoms with van der Waals surface area (Å²) in [6.07, 6.45) is -2.32. The number of alkyl halides is 2. The van der Waals surface area contributed by atoms with Crippen LogP contribution in [0.15, 0.2) is 36.5 Å². The minimum Gasteiger partial charge on any atom is -0.395 e. The van der Waals surface area contributed by atoms with Gasteiger partial charge < -0.3 is 20.5 Å². The molecule has 3 N–H and O–H groups in total. The Kier molecular flexibility index (Phi) is 2.86. The van der Waals surface area contributed by atoms with Crippen molar-refractivity contribution in [3.8, 4) is 11.5 Å². The maximum atomic E-state index is 13.1. The number of fused-ring (bicyclic) bond motifs is 1. The molecule has 2 aromatic rings. The molecule has 0 atom stereocenters. The molecular formula is C13H9F2N3O3. The summed E-state index contributed by atoms with van der Waals surface area (Å²) < 4.78 is 34.8. The lowest BCUT2D eigenvalue weighted by molar-refractivity contribution is -0.286. The van der Waals surface area contributed by atoms with Crippen molar-refractivity contribution in [2.75, 3.05) is 11.1 Å². The molecule has 1 amide bonds. The van der Waals surface area contributed by atoms with Crippen molar-refractivity contribution in [2.24, 2.45) is 0 Å². The predicted molar refractivity (Wildman–Crippen MR) is 69.2 cm³/mol. The van der Waals surface area contributed by atoms with Crippen LogP contribution >= 0.6 is 0 Å². The number of carbonyl (C=O) groups excluding carboxylic acids is 1. The average Bonchev–Trinajstić information content (AvgIpc) is 2.74. The second kappa shape index (κ2) is 4.58. The van der Waals surface area contributed by atoms with Gasteiger partial charge in [-0.05, 0) is 24.3 Å². The third-order valence-corrected chi connectivity index (χ3v) is 2.76. The number of nitrogens with one attached hydrogen (secondary N) is 1. The van der Waals surface area contributed by atoms with Crippen molar-refractivity contribution < 1.29 is 23.0 Å². The molecule has 21 heavy (non-hydrogen) atoms. The van der Waals surface area contributed by atoms with Crippen LogP contribution in [-0.4, -0.2) is 17.2 Å². The molecule has 0 bridgehead atoms. The molecule has 0 saturated carbocycles. The second-order valence-electron chi connectivity index (χ2n) is 4.19. The van der Waals surface area contributed by atoms with E-state index in [1.54, 1.807) is 0 Å². The molecule has 3 rings (SSSR count). The molecule has 0 unspecified atom stereocenters. The minimum atomic E-state index is -3.75. The van der Waals surface area contributed by atoms with E-state index in [9.17, 15) is 13.6 Å². The van der Waals surface area contributed by atoms with Crippen molar-refractivity contribution >= 4 is 17.4 Å². The minimum absolute atomic E-state index is 0.0325. The molecule has 0 aliphatic carbocycles. The van der Waals surface area contributed by atoms with Gasteiger partial charge in [-0.1, -0.05) is 6.07 Å². The largest absolute Gasteiger partial charge is 0.586 e. The maximum absolute atomic E-state index is 13.1. The number of carbonyl (C=O) groups is 1. The van der Waals surface area contributed by atoms with Crippen LogP contribution in [0.5, 0.6) is 11.5 Å². The Morgan fingerprint density at radius 1 is 1.24 bits per heavy atom. The Bertz CT molecular complexity index is 722. The van der Waals surface area contributed by atoms with Gasteiger partial charge in [0.05, 0.1) is 11.3 Å². The van der Waals surface area contributed by atoms with E-state index in [0.29, 0.717) is 0 Å². The topological polar surface area (TPSA) is 86.5 Å². The highest BCUT2D eigenvalue weighted by atomic mass is 19.3. The zero-order chi connectivity index (χ0) is 15.0. The lowest BCUT2D eigenvalue weighted by Gasteiger charge is -2.09. The van der Waals surface area contributed by atoms with Gasteiger partial charge in [-0.3, -0.25) is 4.79 Å². The van der Waals surface area contributed by atoms with Crippen molar-refractivity contribution in [2.45, 2.75) is 6.29 Å². The molecule has 0 fully saturated rings. The monoisotopic (exact) mass is 293 g/mol. The van der Waals surface area contributed by atoms with E-state index in [0.717, 1.165) is 0 Å². The third-order valence-electron chi connectivity index (χ3n) is 2.76. The summed E-state index contributed by atoms with van der Waals surface area (Å²) in [5, 5.41) is 2.44. The summed E-state index contributed by atoms with van der Waals surface area (Å²) in [5.41, 5.74) is 5.76. The predicted octanol–water partition coefficient (Wildman–Crippen LogP) is 2.24. The van der Waals surface area contributed by atoms with Crippen LogP contribution in [0.4, 0.5) is 20.3 Å². The van der Waals surface area contributed by atoms with E-state index < -0.39 is 12.2 Å². The van der Waals surface area contributed by atoms with Crippen LogP contribution in [0.1, 0.15) is 10.4 Å². The lowest BCUT2D eigenvalue weighted by atomic mass is 10.2. The molecule has 2 heterocycles. The Hall–Kier alpha value is -2.90. The van der Waals surface area contributed by atoms with Crippen molar-refractivity contribution in [1.29, 1.82) is 0 Å². The number of nitrogens with zero attached hydrogens (tertiary/aromatic N) is 1. The average molecular weight is 293 g/mol. The molecule has 1 aromatic carbocycles. The molecule has 0 saturated heterocycles. The number of hydrogen-bond donors (Lipinski definition) is 2. The van der Waals surface area contributed by atoms with Gasteiger partial charge in [-0.15, -0.1) is 8.78 Å². The SMILES string of the molecule is Nc1ncccc1C(=O)Nc1cccc2c1OC(F)(F)O2. The molecular weight excluding hydrogens is 284 g/mol. The molecule has 108 valence electrons. The Labute approximate surface area is 117 Å². The number of para-hydroxylation sites is 1. The summed E-state index contributed by atoms with van der Waals surface area (Å²) in [6.45, 7) is 0. The van der Waals surface area contributed by atoms with Crippen molar-refractivity contribution in [1.82, 2.24) is 4.98 Å². The first-order valence-electron chi connectivity index (χ1n) is 5.87. The van der Waals surface area contributed by atoms with Crippen LogP contribution in [0.2, 0.25) is 0 Å². The zero-order valence-corrected chi connectivity index (χ0v) is 10.5. The van der Waals surface area contributed by atoms with E-state index in [-0.39, 0.29) is 28.6 Å². The number of halogens is 2.